The maximum absolute atomic E-state index is 12.6. The zero-order valence-corrected chi connectivity index (χ0v) is 20.7. The Balaban J connectivity index is 1.52. The highest BCUT2D eigenvalue weighted by atomic mass is 35.5. The molecule has 0 radical (unpaired) electrons. The van der Waals surface area contributed by atoms with Gasteiger partial charge in [0.25, 0.3) is 11.5 Å². The van der Waals surface area contributed by atoms with Gasteiger partial charge in [-0.1, -0.05) is 11.6 Å². The number of ether oxygens (including phenoxy) is 2. The number of nitrogens with one attached hydrogen (secondary N) is 2. The predicted octanol–water partition coefficient (Wildman–Crippen LogP) is 3.50. The zero-order chi connectivity index (χ0) is 25.1. The summed E-state index contributed by atoms with van der Waals surface area (Å²) in [5, 5.41) is 11.9. The van der Waals surface area contributed by atoms with Crippen LogP contribution in [0.3, 0.4) is 0 Å². The minimum atomic E-state index is -0.506. The standard InChI is InChI=1S/C24H24ClN3O6S/c1-13-9-15(10-14(2)20(13)17-5-6-26-23(31)21(17)33-8-7-29)28-12-16(34-24(28)32)11-27-22(30)18-3-4-19(25)35-18/h3-6,9-10,16,29H,7-8,11-12H2,1-2H3,(H,26,31)(H,27,30)/t16-/m0/s1. The second-order valence-electron chi connectivity index (χ2n) is 8.01. The summed E-state index contributed by atoms with van der Waals surface area (Å²) < 4.78 is 11.5. The lowest BCUT2D eigenvalue weighted by atomic mass is 9.94. The van der Waals surface area contributed by atoms with Gasteiger partial charge in [0.15, 0.2) is 5.75 Å². The van der Waals surface area contributed by atoms with Crippen molar-refractivity contribution < 1.29 is 24.2 Å². The number of thiophene rings is 1. The molecule has 1 aromatic carbocycles. The summed E-state index contributed by atoms with van der Waals surface area (Å²) >= 11 is 7.06. The van der Waals surface area contributed by atoms with E-state index in [1.165, 1.54) is 22.4 Å². The van der Waals surface area contributed by atoms with Gasteiger partial charge in [-0.05, 0) is 60.9 Å². The molecule has 1 atom stereocenters. The molecule has 2 aromatic heterocycles. The summed E-state index contributed by atoms with van der Waals surface area (Å²) in [6, 6.07) is 8.72. The number of nitrogens with zero attached hydrogens (tertiary/aromatic N) is 1. The second-order valence-corrected chi connectivity index (χ2v) is 9.72. The fraction of sp³-hybridized carbons (Fsp3) is 0.292. The van der Waals surface area contributed by atoms with E-state index in [1.54, 1.807) is 18.2 Å². The molecule has 35 heavy (non-hydrogen) atoms. The van der Waals surface area contributed by atoms with Gasteiger partial charge >= 0.3 is 6.09 Å². The fourth-order valence-corrected chi connectivity index (χ4v) is 5.00. The van der Waals surface area contributed by atoms with Crippen LogP contribution in [0.25, 0.3) is 11.1 Å². The molecular weight excluding hydrogens is 494 g/mol. The first kappa shape index (κ1) is 24.8. The lowest BCUT2D eigenvalue weighted by molar-refractivity contribution is 0.0920. The van der Waals surface area contributed by atoms with Crippen LogP contribution in [0.2, 0.25) is 4.34 Å². The normalized spacial score (nSPS) is 15.3. The first-order chi connectivity index (χ1) is 16.8. The largest absolute Gasteiger partial charge is 0.485 e. The predicted molar refractivity (Wildman–Crippen MR) is 134 cm³/mol. The number of rotatable bonds is 8. The van der Waals surface area contributed by atoms with Crippen molar-refractivity contribution in [2.24, 2.45) is 0 Å². The highest BCUT2D eigenvalue weighted by Gasteiger charge is 2.33. The van der Waals surface area contributed by atoms with E-state index < -0.39 is 17.8 Å². The van der Waals surface area contributed by atoms with E-state index in [1.807, 2.05) is 26.0 Å². The van der Waals surface area contributed by atoms with Gasteiger partial charge in [-0.2, -0.15) is 0 Å². The number of pyridine rings is 1. The van der Waals surface area contributed by atoms with E-state index in [0.717, 1.165) is 16.7 Å². The first-order valence-electron chi connectivity index (χ1n) is 10.9. The number of hydrogen-bond acceptors (Lipinski definition) is 7. The molecule has 1 aliphatic rings. The van der Waals surface area contributed by atoms with E-state index in [0.29, 0.717) is 20.5 Å². The summed E-state index contributed by atoms with van der Waals surface area (Å²) in [6.45, 7) is 3.99. The molecule has 2 amide bonds. The van der Waals surface area contributed by atoms with Gasteiger partial charge in [0, 0.05) is 17.4 Å². The molecule has 184 valence electrons. The van der Waals surface area contributed by atoms with Crippen LogP contribution in [0.4, 0.5) is 10.5 Å². The molecule has 1 aliphatic heterocycles. The Labute approximate surface area is 210 Å². The number of benzene rings is 1. The molecule has 1 fully saturated rings. The molecule has 11 heteroatoms. The number of hydrogen-bond donors (Lipinski definition) is 3. The van der Waals surface area contributed by atoms with Gasteiger partial charge in [-0.25, -0.2) is 4.79 Å². The summed E-state index contributed by atoms with van der Waals surface area (Å²) in [5.74, 6) is -0.145. The molecule has 3 aromatic rings. The third kappa shape index (κ3) is 5.34. The van der Waals surface area contributed by atoms with Crippen LogP contribution in [0.5, 0.6) is 5.75 Å². The van der Waals surface area contributed by atoms with E-state index >= 15 is 0 Å². The van der Waals surface area contributed by atoms with Crippen LogP contribution in [0.15, 0.2) is 41.3 Å². The van der Waals surface area contributed by atoms with Crippen molar-refractivity contribution in [3.05, 3.63) is 67.2 Å². The SMILES string of the molecule is Cc1cc(N2C[C@H](CNC(=O)c3ccc(Cl)s3)OC2=O)cc(C)c1-c1cc[nH]c(=O)c1OCCO. The monoisotopic (exact) mass is 517 g/mol. The maximum atomic E-state index is 12.6. The smallest absolute Gasteiger partial charge is 0.414 e. The van der Waals surface area contributed by atoms with E-state index in [9.17, 15) is 14.4 Å². The van der Waals surface area contributed by atoms with Gasteiger partial charge in [-0.15, -0.1) is 11.3 Å². The summed E-state index contributed by atoms with van der Waals surface area (Å²) in [5.41, 5.74) is 3.32. The summed E-state index contributed by atoms with van der Waals surface area (Å²) in [6.07, 6.45) is 0.531. The van der Waals surface area contributed by atoms with Gasteiger partial charge in [-0.3, -0.25) is 14.5 Å². The number of H-pyrrole nitrogens is 1. The minimum absolute atomic E-state index is 0.00661. The molecule has 0 spiro atoms. The molecule has 1 saturated heterocycles. The number of aromatic amines is 1. The lowest BCUT2D eigenvalue weighted by Gasteiger charge is -2.19. The maximum Gasteiger partial charge on any atom is 0.414 e. The Hall–Kier alpha value is -3.34. The minimum Gasteiger partial charge on any atom is -0.485 e. The summed E-state index contributed by atoms with van der Waals surface area (Å²) in [7, 11) is 0. The van der Waals surface area contributed by atoms with Crippen molar-refractivity contribution in [3.8, 4) is 16.9 Å². The fourth-order valence-electron chi connectivity index (χ4n) is 4.04. The van der Waals surface area contributed by atoms with Crippen molar-refractivity contribution in [3.63, 3.8) is 0 Å². The van der Waals surface area contributed by atoms with E-state index in [-0.39, 0.29) is 38.0 Å². The number of amides is 2. The Kier molecular flexibility index (Phi) is 7.44. The van der Waals surface area contributed by atoms with Crippen molar-refractivity contribution in [1.29, 1.82) is 0 Å². The third-order valence-electron chi connectivity index (χ3n) is 5.51. The molecule has 3 N–H and O–H groups in total. The van der Waals surface area contributed by atoms with Crippen molar-refractivity contribution in [1.82, 2.24) is 10.3 Å². The highest BCUT2D eigenvalue weighted by molar-refractivity contribution is 7.18. The Morgan fingerprint density at radius 2 is 2.03 bits per heavy atom. The average Bonchev–Trinajstić information content (AvgIpc) is 3.42. The van der Waals surface area contributed by atoms with Crippen LogP contribution >= 0.6 is 22.9 Å². The van der Waals surface area contributed by atoms with Crippen LogP contribution in [-0.4, -0.2) is 54.5 Å². The van der Waals surface area contributed by atoms with Crippen LogP contribution in [0, 0.1) is 13.8 Å². The highest BCUT2D eigenvalue weighted by Crippen LogP contribution is 2.36. The molecule has 0 saturated carbocycles. The Morgan fingerprint density at radius 1 is 1.29 bits per heavy atom. The van der Waals surface area contributed by atoms with Gasteiger partial charge in [0.05, 0.1) is 28.9 Å². The number of halogens is 1. The lowest BCUT2D eigenvalue weighted by Crippen LogP contribution is -2.34. The molecule has 0 aliphatic carbocycles. The first-order valence-corrected chi connectivity index (χ1v) is 12.1. The number of aromatic nitrogens is 1. The van der Waals surface area contributed by atoms with Crippen molar-refractivity contribution >= 4 is 40.6 Å². The topological polar surface area (TPSA) is 121 Å². The van der Waals surface area contributed by atoms with Gasteiger partial charge < -0.3 is 24.9 Å². The quantitative estimate of drug-likeness (QED) is 0.420. The number of aliphatic hydroxyl groups is 1. The van der Waals surface area contributed by atoms with E-state index in [2.05, 4.69) is 10.3 Å². The number of aryl methyl sites for hydroxylation is 2. The molecule has 4 rings (SSSR count). The summed E-state index contributed by atoms with van der Waals surface area (Å²) in [4.78, 5) is 41.8. The Morgan fingerprint density at radius 3 is 2.69 bits per heavy atom. The van der Waals surface area contributed by atoms with Crippen LogP contribution in [0.1, 0.15) is 20.8 Å². The van der Waals surface area contributed by atoms with Crippen molar-refractivity contribution in [2.45, 2.75) is 20.0 Å². The number of cyclic esters (lactones) is 1. The Bertz CT molecular complexity index is 1300. The molecule has 0 bridgehead atoms. The van der Waals surface area contributed by atoms with Crippen molar-refractivity contribution in [2.75, 3.05) is 31.2 Å². The number of aliphatic hydroxyl groups excluding tert-OH is 1. The number of anilines is 1. The number of carbonyl (C=O) groups is 2. The van der Waals surface area contributed by atoms with E-state index in [4.69, 9.17) is 26.2 Å². The van der Waals surface area contributed by atoms with Gasteiger partial charge in [0.2, 0.25) is 0 Å². The molecule has 0 unspecified atom stereocenters. The van der Waals surface area contributed by atoms with Crippen LogP contribution in [-0.2, 0) is 4.74 Å². The zero-order valence-electron chi connectivity index (χ0n) is 19.1. The average molecular weight is 518 g/mol. The van der Waals surface area contributed by atoms with Gasteiger partial charge in [0.1, 0.15) is 12.7 Å². The molecule has 9 nitrogen and oxygen atoms in total. The third-order valence-corrected chi connectivity index (χ3v) is 6.74. The number of carbonyl (C=O) groups excluding carboxylic acids is 2. The second kappa shape index (κ2) is 10.5. The molecular formula is C24H24ClN3O6S. The van der Waals surface area contributed by atoms with Crippen LogP contribution < -0.4 is 20.5 Å². The molecule has 3 heterocycles.